The minimum absolute atomic E-state index is 0.196. The number of aromatic nitrogens is 4. The monoisotopic (exact) mass is 374 g/mol. The number of hydrogen-bond donors (Lipinski definition) is 1. The number of rotatable bonds is 7. The molecule has 1 N–H and O–H groups in total. The van der Waals surface area contributed by atoms with Crippen molar-refractivity contribution in [3.63, 3.8) is 0 Å². The molecule has 2 aromatic rings. The smallest absolute Gasteiger partial charge is 0.320 e. The van der Waals surface area contributed by atoms with Gasteiger partial charge in [0.2, 0.25) is 5.69 Å². The summed E-state index contributed by atoms with van der Waals surface area (Å²) in [5, 5.41) is 22.4. The Balaban J connectivity index is 1.93. The van der Waals surface area contributed by atoms with E-state index in [0.717, 1.165) is 0 Å². The van der Waals surface area contributed by atoms with Crippen molar-refractivity contribution in [1.29, 1.82) is 0 Å². The summed E-state index contributed by atoms with van der Waals surface area (Å²) >= 11 is 12.0. The molecular weight excluding hydrogens is 359 g/mol. The highest BCUT2D eigenvalue weighted by atomic mass is 35.5. The first-order valence-electron chi connectivity index (χ1n) is 7.23. The largest absolute Gasteiger partial charge is 0.350 e. The predicted molar refractivity (Wildman–Crippen MR) is 88.5 cm³/mol. The summed E-state index contributed by atoms with van der Waals surface area (Å²) in [4.78, 5) is 22.4. The van der Waals surface area contributed by atoms with Gasteiger partial charge in [0.1, 0.15) is 16.4 Å². The number of amides is 1. The van der Waals surface area contributed by atoms with Gasteiger partial charge >= 0.3 is 5.69 Å². The maximum absolute atomic E-state index is 12.1. The lowest BCUT2D eigenvalue weighted by Crippen LogP contribution is -2.26. The summed E-state index contributed by atoms with van der Waals surface area (Å²) in [5.74, 6) is -0.588. The second-order valence-electron chi connectivity index (χ2n) is 5.00. The van der Waals surface area contributed by atoms with Gasteiger partial charge in [-0.05, 0) is 20.3 Å². The quantitative estimate of drug-likeness (QED) is 0.454. The third-order valence-corrected chi connectivity index (χ3v) is 4.24. The average Bonchev–Trinajstić information content (AvgIpc) is 3.09. The number of aryl methyl sites for hydroxylation is 3. The number of nitro groups is 1. The van der Waals surface area contributed by atoms with Crippen molar-refractivity contribution in [1.82, 2.24) is 24.9 Å². The van der Waals surface area contributed by atoms with Crippen molar-refractivity contribution in [3.8, 4) is 0 Å². The van der Waals surface area contributed by atoms with Crippen molar-refractivity contribution in [3.05, 3.63) is 37.9 Å². The van der Waals surface area contributed by atoms with E-state index in [1.165, 1.54) is 10.9 Å². The molecule has 130 valence electrons. The van der Waals surface area contributed by atoms with Gasteiger partial charge in [0.15, 0.2) is 0 Å². The number of nitrogens with zero attached hydrogens (tertiary/aromatic N) is 5. The first-order valence-corrected chi connectivity index (χ1v) is 7.99. The lowest BCUT2D eigenvalue weighted by Gasteiger charge is -2.05. The van der Waals surface area contributed by atoms with Crippen molar-refractivity contribution in [2.45, 2.75) is 33.4 Å². The minimum atomic E-state index is -0.623. The Morgan fingerprint density at radius 1 is 1.42 bits per heavy atom. The minimum Gasteiger partial charge on any atom is -0.350 e. The molecule has 0 unspecified atom stereocenters. The second-order valence-corrected chi connectivity index (χ2v) is 5.73. The summed E-state index contributed by atoms with van der Waals surface area (Å²) in [7, 11) is 0. The van der Waals surface area contributed by atoms with E-state index in [2.05, 4.69) is 15.5 Å². The van der Waals surface area contributed by atoms with Crippen LogP contribution >= 0.6 is 23.2 Å². The van der Waals surface area contributed by atoms with E-state index in [-0.39, 0.29) is 11.4 Å². The first kappa shape index (κ1) is 18.2. The van der Waals surface area contributed by atoms with E-state index in [1.807, 2.05) is 0 Å². The van der Waals surface area contributed by atoms with Gasteiger partial charge in [-0.3, -0.25) is 24.3 Å². The summed E-state index contributed by atoms with van der Waals surface area (Å²) in [5.41, 5.74) is 0.121. The van der Waals surface area contributed by atoms with Crippen LogP contribution in [0.5, 0.6) is 0 Å². The lowest BCUT2D eigenvalue weighted by molar-refractivity contribution is -0.385. The third kappa shape index (κ3) is 3.85. The Hall–Kier alpha value is -2.13. The van der Waals surface area contributed by atoms with E-state index in [9.17, 15) is 14.9 Å². The Bertz CT molecular complexity index is 770. The zero-order chi connectivity index (χ0) is 17.9. The van der Waals surface area contributed by atoms with Crippen LogP contribution in [0.1, 0.15) is 29.5 Å². The first-order chi connectivity index (χ1) is 11.3. The normalized spacial score (nSPS) is 10.8. The highest BCUT2D eigenvalue weighted by Gasteiger charge is 2.25. The molecule has 24 heavy (non-hydrogen) atoms. The van der Waals surface area contributed by atoms with Crippen LogP contribution in [0.15, 0.2) is 6.20 Å². The van der Waals surface area contributed by atoms with E-state index < -0.39 is 10.8 Å². The van der Waals surface area contributed by atoms with Crippen LogP contribution in [-0.4, -0.2) is 36.9 Å². The van der Waals surface area contributed by atoms with Crippen LogP contribution in [0.25, 0.3) is 0 Å². The van der Waals surface area contributed by atoms with Gasteiger partial charge in [0.05, 0.1) is 10.6 Å². The summed E-state index contributed by atoms with van der Waals surface area (Å²) < 4.78 is 2.89. The molecule has 0 atom stereocenters. The van der Waals surface area contributed by atoms with Gasteiger partial charge in [-0.1, -0.05) is 23.2 Å². The Morgan fingerprint density at radius 2 is 2.12 bits per heavy atom. The molecule has 0 bridgehead atoms. The molecule has 9 nitrogen and oxygen atoms in total. The summed E-state index contributed by atoms with van der Waals surface area (Å²) in [6, 6.07) is 0. The van der Waals surface area contributed by atoms with Crippen molar-refractivity contribution in [2.24, 2.45) is 0 Å². The average molecular weight is 375 g/mol. The Morgan fingerprint density at radius 3 is 2.67 bits per heavy atom. The molecule has 0 saturated carbocycles. The fraction of sp³-hybridized carbons (Fsp3) is 0.462. The molecule has 2 rings (SSSR count). The molecule has 0 aliphatic heterocycles. The zero-order valence-electron chi connectivity index (χ0n) is 13.1. The lowest BCUT2D eigenvalue weighted by atomic mass is 10.3. The van der Waals surface area contributed by atoms with Gasteiger partial charge in [-0.15, -0.1) is 0 Å². The van der Waals surface area contributed by atoms with Crippen LogP contribution in [0.2, 0.25) is 10.2 Å². The molecule has 11 heteroatoms. The molecule has 0 fully saturated rings. The van der Waals surface area contributed by atoms with Gasteiger partial charge < -0.3 is 5.32 Å². The molecule has 0 spiro atoms. The van der Waals surface area contributed by atoms with Crippen molar-refractivity contribution >= 4 is 34.8 Å². The molecule has 0 saturated heterocycles. The maximum atomic E-state index is 12.1. The molecule has 2 heterocycles. The number of nitrogens with one attached hydrogen (secondary N) is 1. The van der Waals surface area contributed by atoms with Crippen LogP contribution in [0.3, 0.4) is 0 Å². The summed E-state index contributed by atoms with van der Waals surface area (Å²) in [6.07, 6.45) is 1.77. The van der Waals surface area contributed by atoms with E-state index in [0.29, 0.717) is 41.9 Å². The molecule has 0 aliphatic carbocycles. The van der Waals surface area contributed by atoms with Crippen LogP contribution in [0, 0.1) is 17.0 Å². The van der Waals surface area contributed by atoms with Crippen LogP contribution in [-0.2, 0) is 13.1 Å². The van der Waals surface area contributed by atoms with Crippen LogP contribution < -0.4 is 5.32 Å². The topological polar surface area (TPSA) is 108 Å². The fourth-order valence-electron chi connectivity index (χ4n) is 2.06. The molecule has 0 aliphatic rings. The van der Waals surface area contributed by atoms with Gasteiger partial charge in [0, 0.05) is 19.6 Å². The van der Waals surface area contributed by atoms with Gasteiger partial charge in [0.25, 0.3) is 5.91 Å². The van der Waals surface area contributed by atoms with Crippen LogP contribution in [0.4, 0.5) is 5.69 Å². The molecule has 0 aromatic carbocycles. The Labute approximate surface area is 147 Å². The highest BCUT2D eigenvalue weighted by molar-refractivity contribution is 6.41. The number of carbonyl (C=O) groups is 1. The molecule has 1 amide bonds. The number of hydrogen-bond acceptors (Lipinski definition) is 5. The SMILES string of the molecule is CCn1cc([N+](=O)[O-])c(C(=O)NCCCn2nc(C)c(Cl)c2Cl)n1. The predicted octanol–water partition coefficient (Wildman–Crippen LogP) is 2.44. The van der Waals surface area contributed by atoms with E-state index >= 15 is 0 Å². The van der Waals surface area contributed by atoms with Crippen molar-refractivity contribution in [2.75, 3.05) is 6.54 Å². The number of carbonyl (C=O) groups excluding carboxylic acids is 1. The van der Waals surface area contributed by atoms with Crippen molar-refractivity contribution < 1.29 is 9.72 Å². The molecule has 2 aromatic heterocycles. The third-order valence-electron chi connectivity index (χ3n) is 3.31. The molecular formula is C13H16Cl2N6O3. The molecule has 0 radical (unpaired) electrons. The second kappa shape index (κ2) is 7.63. The Kier molecular flexibility index (Phi) is 5.79. The summed E-state index contributed by atoms with van der Waals surface area (Å²) in [6.45, 7) is 4.71. The highest BCUT2D eigenvalue weighted by Crippen LogP contribution is 2.24. The fourth-order valence-corrected chi connectivity index (χ4v) is 2.46. The number of halogens is 2. The maximum Gasteiger partial charge on any atom is 0.320 e. The van der Waals surface area contributed by atoms with Gasteiger partial charge in [-0.2, -0.15) is 10.2 Å². The van der Waals surface area contributed by atoms with E-state index in [4.69, 9.17) is 23.2 Å². The standard InChI is InChI=1S/C13H16Cl2N6O3/c1-3-19-7-9(21(23)24)11(18-19)13(22)16-5-4-6-20-12(15)10(14)8(2)17-20/h7H,3-6H2,1-2H3,(H,16,22). The van der Waals surface area contributed by atoms with E-state index in [1.54, 1.807) is 18.5 Å². The zero-order valence-corrected chi connectivity index (χ0v) is 14.6. The van der Waals surface area contributed by atoms with Gasteiger partial charge in [-0.25, -0.2) is 0 Å².